The Hall–Kier alpha value is -1.88. The summed E-state index contributed by atoms with van der Waals surface area (Å²) >= 11 is 1.42. The van der Waals surface area contributed by atoms with Gasteiger partial charge in [0.2, 0.25) is 0 Å². The summed E-state index contributed by atoms with van der Waals surface area (Å²) in [5.74, 6) is -0.761. The van der Waals surface area contributed by atoms with Crippen LogP contribution in [0.5, 0.6) is 0 Å². The average Bonchev–Trinajstić information content (AvgIpc) is 2.95. The first kappa shape index (κ1) is 14.5. The normalized spacial score (nSPS) is 12.1. The van der Waals surface area contributed by atoms with E-state index in [1.807, 2.05) is 18.2 Å². The van der Waals surface area contributed by atoms with Gasteiger partial charge in [-0.1, -0.05) is 25.1 Å². The van der Waals surface area contributed by atoms with Crippen molar-refractivity contribution in [1.82, 2.24) is 4.98 Å². The Morgan fingerprint density at radius 1 is 1.40 bits per heavy atom. The Bertz CT molecular complexity index is 568. The predicted molar refractivity (Wildman–Crippen MR) is 81.8 cm³/mol. The number of carboxylic acids is 1. The van der Waals surface area contributed by atoms with Gasteiger partial charge in [0.15, 0.2) is 5.69 Å². The molecule has 0 spiro atoms. The molecule has 0 saturated carbocycles. The molecule has 1 aromatic carbocycles. The quantitative estimate of drug-likeness (QED) is 0.885. The number of thiazole rings is 1. The maximum Gasteiger partial charge on any atom is 0.355 e. The molecule has 20 heavy (non-hydrogen) atoms. The lowest BCUT2D eigenvalue weighted by molar-refractivity contribution is 0.0691. The van der Waals surface area contributed by atoms with E-state index in [4.69, 9.17) is 5.11 Å². The smallest absolute Gasteiger partial charge is 0.355 e. The lowest BCUT2D eigenvalue weighted by Gasteiger charge is -2.25. The van der Waals surface area contributed by atoms with Gasteiger partial charge in [-0.25, -0.2) is 9.78 Å². The van der Waals surface area contributed by atoms with Crippen LogP contribution in [0.1, 0.15) is 35.3 Å². The van der Waals surface area contributed by atoms with E-state index < -0.39 is 5.97 Å². The minimum Gasteiger partial charge on any atom is -0.476 e. The molecule has 2 aromatic rings. The van der Waals surface area contributed by atoms with Crippen LogP contribution in [0.25, 0.3) is 0 Å². The number of likely N-dealkylation sites (N-methyl/N-ethyl adjacent to an activating group) is 1. The van der Waals surface area contributed by atoms with Gasteiger partial charge in [-0.15, -0.1) is 11.3 Å². The highest BCUT2D eigenvalue weighted by Crippen LogP contribution is 2.23. The monoisotopic (exact) mass is 290 g/mol. The molecular formula is C15H18N2O2S. The summed E-state index contributed by atoms with van der Waals surface area (Å²) in [5.41, 5.74) is 1.32. The number of hydrogen-bond acceptors (Lipinski definition) is 4. The molecule has 0 fully saturated rings. The zero-order valence-electron chi connectivity index (χ0n) is 11.6. The summed E-state index contributed by atoms with van der Waals surface area (Å²) < 4.78 is 0. The molecular weight excluding hydrogens is 272 g/mol. The van der Waals surface area contributed by atoms with Crippen molar-refractivity contribution >= 4 is 23.0 Å². The Kier molecular flexibility index (Phi) is 4.74. The maximum absolute atomic E-state index is 10.9. The Morgan fingerprint density at radius 3 is 2.65 bits per heavy atom. The molecule has 0 aliphatic heterocycles. The van der Waals surface area contributed by atoms with E-state index in [0.29, 0.717) is 0 Å². The van der Waals surface area contributed by atoms with E-state index >= 15 is 0 Å². The Balaban J connectivity index is 2.09. The standard InChI is InChI=1S/C15H18N2O2S/c1-3-17(12-7-5-4-6-8-12)9-11(2)14-16-13(10-20-14)15(18)19/h4-8,10-11H,3,9H2,1-2H3,(H,18,19). The fourth-order valence-corrected chi connectivity index (χ4v) is 2.92. The van der Waals surface area contributed by atoms with Crippen molar-refractivity contribution in [2.24, 2.45) is 0 Å². The van der Waals surface area contributed by atoms with Gasteiger partial charge in [-0.2, -0.15) is 0 Å². The van der Waals surface area contributed by atoms with Crippen molar-refractivity contribution in [2.45, 2.75) is 19.8 Å². The number of carboxylic acid groups (broad SMARTS) is 1. The fraction of sp³-hybridized carbons (Fsp3) is 0.333. The summed E-state index contributed by atoms with van der Waals surface area (Å²) in [4.78, 5) is 17.3. The maximum atomic E-state index is 10.9. The zero-order valence-corrected chi connectivity index (χ0v) is 12.4. The fourth-order valence-electron chi connectivity index (χ4n) is 2.08. The molecule has 1 N–H and O–H groups in total. The lowest BCUT2D eigenvalue weighted by atomic mass is 10.1. The largest absolute Gasteiger partial charge is 0.476 e. The summed E-state index contributed by atoms with van der Waals surface area (Å²) in [5, 5.41) is 11.4. The number of nitrogens with zero attached hydrogens (tertiary/aromatic N) is 2. The van der Waals surface area contributed by atoms with Crippen molar-refractivity contribution in [3.05, 3.63) is 46.4 Å². The van der Waals surface area contributed by atoms with Crippen molar-refractivity contribution in [3.8, 4) is 0 Å². The summed E-state index contributed by atoms with van der Waals surface area (Å²) in [7, 11) is 0. The van der Waals surface area contributed by atoms with Gasteiger partial charge in [0.1, 0.15) is 0 Å². The Morgan fingerprint density at radius 2 is 2.10 bits per heavy atom. The van der Waals surface area contributed by atoms with Crippen LogP contribution in [0.3, 0.4) is 0 Å². The number of anilines is 1. The minimum absolute atomic E-state index is 0.139. The first-order valence-corrected chi connectivity index (χ1v) is 7.48. The third-order valence-electron chi connectivity index (χ3n) is 3.16. The van der Waals surface area contributed by atoms with Crippen LogP contribution in [0.4, 0.5) is 5.69 Å². The average molecular weight is 290 g/mol. The summed E-state index contributed by atoms with van der Waals surface area (Å²) in [6, 6.07) is 10.2. The van der Waals surface area contributed by atoms with Crippen LogP contribution in [0.15, 0.2) is 35.7 Å². The number of aromatic nitrogens is 1. The molecule has 1 aromatic heterocycles. The van der Waals surface area contributed by atoms with E-state index in [0.717, 1.165) is 18.1 Å². The van der Waals surface area contributed by atoms with Crippen molar-refractivity contribution in [1.29, 1.82) is 0 Å². The molecule has 0 radical (unpaired) electrons. The van der Waals surface area contributed by atoms with Crippen LogP contribution in [-0.4, -0.2) is 29.1 Å². The molecule has 106 valence electrons. The van der Waals surface area contributed by atoms with Gasteiger partial charge in [0, 0.05) is 30.1 Å². The highest BCUT2D eigenvalue weighted by Gasteiger charge is 2.16. The topological polar surface area (TPSA) is 53.4 Å². The van der Waals surface area contributed by atoms with Gasteiger partial charge in [0.05, 0.1) is 5.01 Å². The third kappa shape index (κ3) is 3.36. The highest BCUT2D eigenvalue weighted by atomic mass is 32.1. The number of rotatable bonds is 6. The van der Waals surface area contributed by atoms with Crippen LogP contribution in [-0.2, 0) is 0 Å². The third-order valence-corrected chi connectivity index (χ3v) is 4.24. The molecule has 4 nitrogen and oxygen atoms in total. The molecule has 0 amide bonds. The molecule has 0 saturated heterocycles. The van der Waals surface area contributed by atoms with Crippen LogP contribution >= 0.6 is 11.3 Å². The second-order valence-electron chi connectivity index (χ2n) is 4.65. The highest BCUT2D eigenvalue weighted by molar-refractivity contribution is 7.09. The predicted octanol–water partition coefficient (Wildman–Crippen LogP) is 3.47. The SMILES string of the molecule is CCN(CC(C)c1nc(C(=O)O)cs1)c1ccccc1. The minimum atomic E-state index is -0.963. The molecule has 0 bridgehead atoms. The zero-order chi connectivity index (χ0) is 14.5. The van der Waals surface area contributed by atoms with Crippen LogP contribution in [0.2, 0.25) is 0 Å². The van der Waals surface area contributed by atoms with Crippen molar-refractivity contribution in [2.75, 3.05) is 18.0 Å². The number of carbonyl (C=O) groups is 1. The second kappa shape index (κ2) is 6.52. The van der Waals surface area contributed by atoms with E-state index in [9.17, 15) is 4.79 Å². The molecule has 0 aliphatic carbocycles. The van der Waals surface area contributed by atoms with Crippen molar-refractivity contribution < 1.29 is 9.90 Å². The van der Waals surface area contributed by atoms with Crippen LogP contribution < -0.4 is 4.90 Å². The van der Waals surface area contributed by atoms with E-state index in [1.165, 1.54) is 17.0 Å². The summed E-state index contributed by atoms with van der Waals surface area (Å²) in [6.07, 6.45) is 0. The van der Waals surface area contributed by atoms with Gasteiger partial charge < -0.3 is 10.0 Å². The van der Waals surface area contributed by atoms with E-state index in [-0.39, 0.29) is 11.6 Å². The number of para-hydroxylation sites is 1. The molecule has 2 rings (SSSR count). The van der Waals surface area contributed by atoms with Gasteiger partial charge in [-0.05, 0) is 19.1 Å². The van der Waals surface area contributed by atoms with E-state index in [1.54, 1.807) is 5.38 Å². The number of benzene rings is 1. The first-order valence-electron chi connectivity index (χ1n) is 6.60. The molecule has 1 heterocycles. The Labute approximate surface area is 122 Å². The number of hydrogen-bond donors (Lipinski definition) is 1. The van der Waals surface area contributed by atoms with Crippen LogP contribution in [0, 0.1) is 0 Å². The van der Waals surface area contributed by atoms with Gasteiger partial charge in [0.25, 0.3) is 0 Å². The lowest BCUT2D eigenvalue weighted by Crippen LogP contribution is -2.27. The molecule has 1 atom stereocenters. The van der Waals surface area contributed by atoms with E-state index in [2.05, 4.69) is 35.9 Å². The van der Waals surface area contributed by atoms with Crippen molar-refractivity contribution in [3.63, 3.8) is 0 Å². The molecule has 5 heteroatoms. The first-order chi connectivity index (χ1) is 9.61. The van der Waals surface area contributed by atoms with Gasteiger partial charge in [-0.3, -0.25) is 0 Å². The number of aromatic carboxylic acids is 1. The molecule has 0 aliphatic rings. The van der Waals surface area contributed by atoms with Gasteiger partial charge >= 0.3 is 5.97 Å². The summed E-state index contributed by atoms with van der Waals surface area (Å²) in [6.45, 7) is 5.93. The molecule has 1 unspecified atom stereocenters. The second-order valence-corrected chi connectivity index (χ2v) is 5.54.